The van der Waals surface area contributed by atoms with Crippen LogP contribution in [-0.4, -0.2) is 85.0 Å². The first-order valence-corrected chi connectivity index (χ1v) is 16.8. The van der Waals surface area contributed by atoms with Crippen LogP contribution in [0.25, 0.3) is 22.8 Å². The lowest BCUT2D eigenvalue weighted by molar-refractivity contribution is -0.138. The van der Waals surface area contributed by atoms with E-state index in [0.29, 0.717) is 48.7 Å². The van der Waals surface area contributed by atoms with Gasteiger partial charge >= 0.3 is 23.9 Å². The van der Waals surface area contributed by atoms with Crippen LogP contribution in [0.2, 0.25) is 0 Å². The van der Waals surface area contributed by atoms with Gasteiger partial charge < -0.3 is 38.6 Å². The Kier molecular flexibility index (Phi) is 13.4. The Morgan fingerprint density at radius 2 is 0.964 bits per heavy atom. The molecule has 5 aromatic rings. The number of nitrogens with zero attached hydrogens (tertiary/aromatic N) is 5. The Morgan fingerprint density at radius 1 is 0.607 bits per heavy atom. The number of esters is 4. The highest BCUT2D eigenvalue weighted by atomic mass is 16.6. The maximum Gasteiger partial charge on any atom is 0.347 e. The summed E-state index contributed by atoms with van der Waals surface area (Å²) in [7, 11) is 1.25. The second-order valence-electron chi connectivity index (χ2n) is 11.4. The van der Waals surface area contributed by atoms with Crippen molar-refractivity contribution in [1.29, 1.82) is 0 Å². The highest BCUT2D eigenvalue weighted by Crippen LogP contribution is 2.47. The molecule has 0 aliphatic carbocycles. The Labute approximate surface area is 319 Å². The molecule has 0 amide bonds. The fraction of sp³-hybridized carbons (Fsp3) is 0.179. The van der Waals surface area contributed by atoms with E-state index in [1.807, 2.05) is 0 Å². The summed E-state index contributed by atoms with van der Waals surface area (Å²) in [6.45, 7) is 7.71. The highest BCUT2D eigenvalue weighted by molar-refractivity contribution is 5.94. The summed E-state index contributed by atoms with van der Waals surface area (Å²) in [6.07, 6.45) is 7.98. The third-order valence-electron chi connectivity index (χ3n) is 7.57. The van der Waals surface area contributed by atoms with E-state index in [1.165, 1.54) is 31.8 Å². The van der Waals surface area contributed by atoms with Crippen LogP contribution in [0, 0.1) is 0 Å². The monoisotopic (exact) mass is 765 g/mol. The standard InChI is InChI=1S/C39H35N5O12/c1-4-30(45)53-18-6-16-51-28-12-8-24(9-13-28)34-40-20-26(21-41-34)38(49)55-32-33(37(48)44(3)36(32)47)56-39(50)27-22-42-35(43-23-27)25-10-14-29(15-11-25)52-17-7-19-54-31(46)5-2/h4-5,8-15,20-23,47-48H,1-2,6-7,16-19H2,3H3. The van der Waals surface area contributed by atoms with Gasteiger partial charge in [0.05, 0.1) is 37.6 Å². The van der Waals surface area contributed by atoms with Crippen molar-refractivity contribution in [2.45, 2.75) is 12.8 Å². The minimum absolute atomic E-state index is 0.110. The van der Waals surface area contributed by atoms with Gasteiger partial charge in [-0.2, -0.15) is 0 Å². The minimum Gasteiger partial charge on any atom is -0.493 e. The zero-order chi connectivity index (χ0) is 40.0. The highest BCUT2D eigenvalue weighted by Gasteiger charge is 2.29. The smallest absolute Gasteiger partial charge is 0.347 e. The van der Waals surface area contributed by atoms with E-state index in [9.17, 15) is 29.4 Å². The lowest BCUT2D eigenvalue weighted by atomic mass is 10.2. The van der Waals surface area contributed by atoms with Crippen LogP contribution >= 0.6 is 0 Å². The first kappa shape index (κ1) is 39.6. The molecule has 288 valence electrons. The quantitative estimate of drug-likeness (QED) is 0.0696. The molecule has 2 N–H and O–H groups in total. The normalized spacial score (nSPS) is 10.5. The topological polar surface area (TPSA) is 221 Å². The van der Waals surface area contributed by atoms with Crippen LogP contribution in [-0.2, 0) is 26.1 Å². The molecular formula is C39H35N5O12. The Balaban J connectivity index is 1.16. The van der Waals surface area contributed by atoms with Crippen LogP contribution in [0.4, 0.5) is 0 Å². The van der Waals surface area contributed by atoms with Crippen LogP contribution in [0.15, 0.2) is 98.6 Å². The van der Waals surface area contributed by atoms with Gasteiger partial charge in [0.15, 0.2) is 11.6 Å². The van der Waals surface area contributed by atoms with E-state index in [1.54, 1.807) is 48.5 Å². The van der Waals surface area contributed by atoms with Crippen LogP contribution in [0.3, 0.4) is 0 Å². The molecule has 0 bridgehead atoms. The van der Waals surface area contributed by atoms with Gasteiger partial charge in [0.2, 0.25) is 23.3 Å². The first-order chi connectivity index (χ1) is 27.1. The average Bonchev–Trinajstić information content (AvgIpc) is 3.42. The lowest BCUT2D eigenvalue weighted by Crippen LogP contribution is -2.13. The molecule has 3 heterocycles. The van der Waals surface area contributed by atoms with Crippen molar-refractivity contribution >= 4 is 23.9 Å². The zero-order valence-corrected chi connectivity index (χ0v) is 30.0. The number of aromatic nitrogens is 5. The van der Waals surface area contributed by atoms with Gasteiger partial charge in [-0.15, -0.1) is 0 Å². The third-order valence-corrected chi connectivity index (χ3v) is 7.57. The Morgan fingerprint density at radius 3 is 1.30 bits per heavy atom. The van der Waals surface area contributed by atoms with E-state index < -0.39 is 47.1 Å². The molecular weight excluding hydrogens is 730 g/mol. The van der Waals surface area contributed by atoms with Gasteiger partial charge in [0.1, 0.15) is 11.5 Å². The number of carbonyl (C=O) groups excluding carboxylic acids is 4. The number of hydrogen-bond acceptors (Lipinski definition) is 16. The molecule has 0 atom stereocenters. The summed E-state index contributed by atoms with van der Waals surface area (Å²) in [5.74, 6) is -3.97. The minimum atomic E-state index is -1.02. The third kappa shape index (κ3) is 10.3. The van der Waals surface area contributed by atoms with E-state index in [2.05, 4.69) is 33.1 Å². The summed E-state index contributed by atoms with van der Waals surface area (Å²) in [4.78, 5) is 65.2. The summed E-state index contributed by atoms with van der Waals surface area (Å²) in [6, 6.07) is 13.7. The molecule has 17 heteroatoms. The SMILES string of the molecule is C=CC(=O)OCCCOc1ccc(-c2ncc(C(=O)Oc3c(OC(=O)c4cnc(-c5ccc(OCCCOC(=O)C=C)cc5)nc4)c(O)n(C)c3O)cn2)cc1. The van der Waals surface area contributed by atoms with Crippen LogP contribution in [0.1, 0.15) is 33.6 Å². The van der Waals surface area contributed by atoms with Gasteiger partial charge in [-0.3, -0.25) is 4.57 Å². The second kappa shape index (κ2) is 19.0. The molecule has 3 aromatic heterocycles. The summed E-state index contributed by atoms with van der Waals surface area (Å²) in [5, 5.41) is 21.2. The number of aromatic hydroxyl groups is 2. The molecule has 0 aliphatic rings. The molecule has 2 aromatic carbocycles. The Hall–Kier alpha value is -7.56. The second-order valence-corrected chi connectivity index (χ2v) is 11.4. The van der Waals surface area contributed by atoms with Crippen molar-refractivity contribution in [2.75, 3.05) is 26.4 Å². The van der Waals surface area contributed by atoms with Gasteiger partial charge in [-0.1, -0.05) is 13.2 Å². The van der Waals surface area contributed by atoms with Crippen molar-refractivity contribution in [1.82, 2.24) is 24.5 Å². The van der Waals surface area contributed by atoms with Gasteiger partial charge in [0, 0.05) is 68.0 Å². The molecule has 0 fully saturated rings. The van der Waals surface area contributed by atoms with Crippen molar-refractivity contribution < 1.29 is 57.8 Å². The number of hydrogen-bond donors (Lipinski definition) is 2. The number of benzene rings is 2. The summed E-state index contributed by atoms with van der Waals surface area (Å²) < 4.78 is 32.6. The van der Waals surface area contributed by atoms with E-state index >= 15 is 0 Å². The maximum absolute atomic E-state index is 13.1. The van der Waals surface area contributed by atoms with E-state index in [4.69, 9.17) is 28.4 Å². The van der Waals surface area contributed by atoms with Crippen LogP contribution < -0.4 is 18.9 Å². The van der Waals surface area contributed by atoms with Crippen molar-refractivity contribution in [3.63, 3.8) is 0 Å². The predicted octanol–water partition coefficient (Wildman–Crippen LogP) is 4.78. The fourth-order valence-corrected chi connectivity index (χ4v) is 4.62. The lowest BCUT2D eigenvalue weighted by Gasteiger charge is -2.09. The first-order valence-electron chi connectivity index (χ1n) is 16.8. The fourth-order valence-electron chi connectivity index (χ4n) is 4.62. The molecule has 0 unspecified atom stereocenters. The van der Waals surface area contributed by atoms with Crippen molar-refractivity contribution in [3.05, 3.63) is 110 Å². The molecule has 56 heavy (non-hydrogen) atoms. The van der Waals surface area contributed by atoms with Crippen LogP contribution in [0.5, 0.6) is 34.8 Å². The molecule has 0 radical (unpaired) electrons. The molecule has 5 rings (SSSR count). The number of rotatable bonds is 18. The van der Waals surface area contributed by atoms with Gasteiger partial charge in [-0.05, 0) is 48.5 Å². The van der Waals surface area contributed by atoms with Gasteiger partial charge in [-0.25, -0.2) is 39.1 Å². The Bertz CT molecular complexity index is 2030. The van der Waals surface area contributed by atoms with Crippen molar-refractivity contribution in [2.24, 2.45) is 7.05 Å². The predicted molar refractivity (Wildman–Crippen MR) is 196 cm³/mol. The molecule has 0 aliphatic heterocycles. The number of carbonyl (C=O) groups is 4. The summed E-state index contributed by atoms with van der Waals surface area (Å²) >= 11 is 0. The molecule has 0 spiro atoms. The largest absolute Gasteiger partial charge is 0.493 e. The van der Waals surface area contributed by atoms with Gasteiger partial charge in [0.25, 0.3) is 0 Å². The maximum atomic E-state index is 13.1. The average molecular weight is 766 g/mol. The van der Waals surface area contributed by atoms with E-state index in [0.717, 1.165) is 16.7 Å². The molecule has 0 saturated heterocycles. The molecule has 0 saturated carbocycles. The molecule has 17 nitrogen and oxygen atoms in total. The zero-order valence-electron chi connectivity index (χ0n) is 30.0. The summed E-state index contributed by atoms with van der Waals surface area (Å²) in [5.41, 5.74) is 1.02. The van der Waals surface area contributed by atoms with E-state index in [-0.39, 0.29) is 36.0 Å². The van der Waals surface area contributed by atoms with Crippen molar-refractivity contribution in [3.8, 4) is 57.5 Å². The number of ether oxygens (including phenoxy) is 6.